The number of hydrogen-bond acceptors (Lipinski definition) is 2. The van der Waals surface area contributed by atoms with Crippen LogP contribution in [-0.4, -0.2) is 39.5 Å². The molecule has 1 atom stereocenters. The molecule has 0 unspecified atom stereocenters. The molecule has 0 saturated carbocycles. The van der Waals surface area contributed by atoms with E-state index in [0.29, 0.717) is 13.0 Å². The van der Waals surface area contributed by atoms with E-state index in [2.05, 4.69) is 18.0 Å². The number of nitrogens with one attached hydrogen (secondary N) is 1. The highest BCUT2D eigenvalue weighted by molar-refractivity contribution is 5.92. The number of benzene rings is 1. The molecular formula is C17H20N2O3. The van der Waals surface area contributed by atoms with Crippen molar-refractivity contribution < 1.29 is 14.7 Å². The van der Waals surface area contributed by atoms with Crippen molar-refractivity contribution in [2.75, 3.05) is 6.54 Å². The van der Waals surface area contributed by atoms with Crippen LogP contribution in [-0.2, 0) is 22.4 Å². The summed E-state index contributed by atoms with van der Waals surface area (Å²) in [6, 6.07) is 5.42. The van der Waals surface area contributed by atoms with Crippen LogP contribution >= 0.6 is 0 Å². The van der Waals surface area contributed by atoms with Gasteiger partial charge in [0.05, 0.1) is 6.42 Å². The molecule has 0 spiro atoms. The maximum atomic E-state index is 12.5. The summed E-state index contributed by atoms with van der Waals surface area (Å²) in [6.07, 6.45) is 4.36. The summed E-state index contributed by atoms with van der Waals surface area (Å²) in [7, 11) is 0. The van der Waals surface area contributed by atoms with Crippen LogP contribution in [0.4, 0.5) is 0 Å². The van der Waals surface area contributed by atoms with E-state index in [1.807, 2.05) is 18.3 Å². The van der Waals surface area contributed by atoms with Gasteiger partial charge in [-0.3, -0.25) is 4.79 Å². The van der Waals surface area contributed by atoms with E-state index in [-0.39, 0.29) is 12.3 Å². The van der Waals surface area contributed by atoms with Crippen molar-refractivity contribution in [3.8, 4) is 0 Å². The average Bonchev–Trinajstić information content (AvgIpc) is 3.14. The summed E-state index contributed by atoms with van der Waals surface area (Å²) in [6.45, 7) is 2.64. The molecule has 1 aromatic carbocycles. The number of hydrogen-bond donors (Lipinski definition) is 2. The molecule has 1 aromatic heterocycles. The molecule has 5 heteroatoms. The number of aliphatic carboxylic acids is 1. The second kappa shape index (κ2) is 5.83. The fourth-order valence-electron chi connectivity index (χ4n) is 3.30. The van der Waals surface area contributed by atoms with Gasteiger partial charge in [0.25, 0.3) is 0 Å². The molecule has 1 fully saturated rings. The van der Waals surface area contributed by atoms with Crippen molar-refractivity contribution in [3.05, 3.63) is 35.5 Å². The molecule has 2 aromatic rings. The molecule has 1 aliphatic heterocycles. The van der Waals surface area contributed by atoms with Crippen LogP contribution in [0.3, 0.4) is 0 Å². The van der Waals surface area contributed by atoms with Crippen molar-refractivity contribution in [1.82, 2.24) is 9.88 Å². The summed E-state index contributed by atoms with van der Waals surface area (Å²) >= 11 is 0. The number of H-pyrrole nitrogens is 1. The number of carbonyl (C=O) groups is 2. The molecule has 1 saturated heterocycles. The van der Waals surface area contributed by atoms with Crippen LogP contribution in [0.2, 0.25) is 0 Å². The van der Waals surface area contributed by atoms with Gasteiger partial charge in [0.1, 0.15) is 6.04 Å². The quantitative estimate of drug-likeness (QED) is 0.910. The van der Waals surface area contributed by atoms with E-state index in [0.717, 1.165) is 29.3 Å². The Bertz CT molecular complexity index is 720. The number of rotatable bonds is 4. The number of carbonyl (C=O) groups excluding carboxylic acids is 1. The summed E-state index contributed by atoms with van der Waals surface area (Å²) in [4.78, 5) is 28.4. The molecule has 22 heavy (non-hydrogen) atoms. The highest BCUT2D eigenvalue weighted by Crippen LogP contribution is 2.24. The van der Waals surface area contributed by atoms with Gasteiger partial charge < -0.3 is 15.0 Å². The molecule has 116 valence electrons. The lowest BCUT2D eigenvalue weighted by Gasteiger charge is -2.21. The first-order chi connectivity index (χ1) is 10.6. The van der Waals surface area contributed by atoms with Crippen molar-refractivity contribution >= 4 is 22.8 Å². The summed E-state index contributed by atoms with van der Waals surface area (Å²) < 4.78 is 0. The molecule has 1 amide bonds. The third-order valence-electron chi connectivity index (χ3n) is 4.47. The number of fused-ring (bicyclic) bond motifs is 1. The van der Waals surface area contributed by atoms with Crippen LogP contribution in [0.15, 0.2) is 24.4 Å². The first-order valence-electron chi connectivity index (χ1n) is 7.72. The monoisotopic (exact) mass is 300 g/mol. The lowest BCUT2D eigenvalue weighted by Crippen LogP contribution is -2.41. The topological polar surface area (TPSA) is 73.4 Å². The van der Waals surface area contributed by atoms with Gasteiger partial charge in [-0.1, -0.05) is 25.1 Å². The van der Waals surface area contributed by atoms with Crippen LogP contribution in [0.5, 0.6) is 0 Å². The Kier molecular flexibility index (Phi) is 3.88. The molecule has 1 aliphatic rings. The van der Waals surface area contributed by atoms with Crippen LogP contribution in [0.25, 0.3) is 10.9 Å². The standard InChI is InChI=1S/C17H20N2O3/c1-2-11-5-3-6-13-12(10-18-16(11)13)9-15(20)19-8-4-7-14(19)17(21)22/h3,5-6,10,14,18H,2,4,7-9H2,1H3,(H,21,22)/t14-/m1/s1. The lowest BCUT2D eigenvalue weighted by molar-refractivity contribution is -0.147. The van der Waals surface area contributed by atoms with Gasteiger partial charge in [0, 0.05) is 23.6 Å². The van der Waals surface area contributed by atoms with Gasteiger partial charge in [0.2, 0.25) is 5.91 Å². The van der Waals surface area contributed by atoms with Gasteiger partial charge in [0.15, 0.2) is 0 Å². The second-order valence-corrected chi connectivity index (χ2v) is 5.77. The Labute approximate surface area is 128 Å². The number of likely N-dealkylation sites (tertiary alicyclic amines) is 1. The lowest BCUT2D eigenvalue weighted by atomic mass is 10.0. The van der Waals surface area contributed by atoms with E-state index in [9.17, 15) is 14.7 Å². The molecule has 0 radical (unpaired) electrons. The zero-order valence-corrected chi connectivity index (χ0v) is 12.6. The van der Waals surface area contributed by atoms with Crippen molar-refractivity contribution in [2.24, 2.45) is 0 Å². The smallest absolute Gasteiger partial charge is 0.326 e. The first-order valence-corrected chi connectivity index (χ1v) is 7.72. The SMILES string of the molecule is CCc1cccc2c(CC(=O)N3CCC[C@@H]3C(=O)O)c[nH]c12. The second-order valence-electron chi connectivity index (χ2n) is 5.77. The summed E-state index contributed by atoms with van der Waals surface area (Å²) in [5.41, 5.74) is 3.23. The third-order valence-corrected chi connectivity index (χ3v) is 4.47. The van der Waals surface area contributed by atoms with Gasteiger partial charge in [-0.2, -0.15) is 0 Å². The number of aromatic amines is 1. The maximum absolute atomic E-state index is 12.5. The Hall–Kier alpha value is -2.30. The number of aromatic nitrogens is 1. The molecular weight excluding hydrogens is 280 g/mol. The van der Waals surface area contributed by atoms with Crippen LogP contribution in [0, 0.1) is 0 Å². The van der Waals surface area contributed by atoms with Crippen molar-refractivity contribution in [1.29, 1.82) is 0 Å². The van der Waals surface area contributed by atoms with Gasteiger partial charge in [-0.15, -0.1) is 0 Å². The third kappa shape index (κ3) is 2.47. The summed E-state index contributed by atoms with van der Waals surface area (Å²) in [5.74, 6) is -1.01. The van der Waals surface area contributed by atoms with Crippen LogP contribution in [0.1, 0.15) is 30.9 Å². The predicted molar refractivity (Wildman–Crippen MR) is 83.8 cm³/mol. The fourth-order valence-corrected chi connectivity index (χ4v) is 3.30. The Balaban J connectivity index is 1.84. The predicted octanol–water partition coefficient (Wildman–Crippen LogP) is 2.35. The zero-order chi connectivity index (χ0) is 15.7. The molecule has 0 aliphatic carbocycles. The van der Waals surface area contributed by atoms with Gasteiger partial charge in [-0.25, -0.2) is 4.79 Å². The number of amides is 1. The molecule has 5 nitrogen and oxygen atoms in total. The molecule has 0 bridgehead atoms. The highest BCUT2D eigenvalue weighted by atomic mass is 16.4. The molecule has 2 heterocycles. The highest BCUT2D eigenvalue weighted by Gasteiger charge is 2.33. The number of para-hydroxylation sites is 1. The fraction of sp³-hybridized carbons (Fsp3) is 0.412. The van der Waals surface area contributed by atoms with Gasteiger partial charge >= 0.3 is 5.97 Å². The van der Waals surface area contributed by atoms with E-state index in [4.69, 9.17) is 0 Å². The minimum absolute atomic E-state index is 0.104. The van der Waals surface area contributed by atoms with E-state index < -0.39 is 12.0 Å². The van der Waals surface area contributed by atoms with Crippen LogP contribution < -0.4 is 0 Å². The number of carboxylic acids is 1. The number of aryl methyl sites for hydroxylation is 1. The largest absolute Gasteiger partial charge is 0.480 e. The zero-order valence-electron chi connectivity index (χ0n) is 12.6. The number of carboxylic acid groups (broad SMARTS) is 1. The number of nitrogens with zero attached hydrogens (tertiary/aromatic N) is 1. The average molecular weight is 300 g/mol. The molecule has 3 rings (SSSR count). The minimum atomic E-state index is -0.905. The summed E-state index contributed by atoms with van der Waals surface area (Å²) in [5, 5.41) is 10.3. The van der Waals surface area contributed by atoms with E-state index in [1.54, 1.807) is 0 Å². The maximum Gasteiger partial charge on any atom is 0.326 e. The van der Waals surface area contributed by atoms with E-state index >= 15 is 0 Å². The minimum Gasteiger partial charge on any atom is -0.480 e. The van der Waals surface area contributed by atoms with Crippen molar-refractivity contribution in [3.63, 3.8) is 0 Å². The van der Waals surface area contributed by atoms with E-state index in [1.165, 1.54) is 10.5 Å². The normalized spacial score (nSPS) is 18.0. The van der Waals surface area contributed by atoms with Gasteiger partial charge in [-0.05, 0) is 30.4 Å². The Morgan fingerprint density at radius 1 is 1.36 bits per heavy atom. The molecule has 2 N–H and O–H groups in total. The Morgan fingerprint density at radius 3 is 2.91 bits per heavy atom. The Morgan fingerprint density at radius 2 is 2.18 bits per heavy atom. The first kappa shape index (κ1) is 14.6. The van der Waals surface area contributed by atoms with Crippen molar-refractivity contribution in [2.45, 2.75) is 38.6 Å².